The van der Waals surface area contributed by atoms with Crippen LogP contribution < -0.4 is 0 Å². The molecule has 0 aliphatic heterocycles. The Bertz CT molecular complexity index is 550. The predicted octanol–water partition coefficient (Wildman–Crippen LogP) is 2.15. The first-order valence-corrected chi connectivity index (χ1v) is 8.79. The summed E-state index contributed by atoms with van der Waals surface area (Å²) in [5, 5.41) is 9.81. The molecule has 0 bridgehead atoms. The van der Waals surface area contributed by atoms with Gasteiger partial charge in [-0.15, -0.1) is 11.3 Å². The Kier molecular flexibility index (Phi) is 4.35. The zero-order chi connectivity index (χ0) is 14.2. The number of aliphatic hydroxyl groups is 1. The van der Waals surface area contributed by atoms with Gasteiger partial charge in [0.05, 0.1) is 11.0 Å². The topological polar surface area (TPSA) is 57.6 Å². The molecule has 1 heterocycles. The molecule has 2 rings (SSSR count). The van der Waals surface area contributed by atoms with Crippen molar-refractivity contribution in [2.24, 2.45) is 5.92 Å². The Balaban J connectivity index is 2.17. The van der Waals surface area contributed by atoms with Crippen molar-refractivity contribution in [3.63, 3.8) is 0 Å². The van der Waals surface area contributed by atoms with Gasteiger partial charge in [-0.2, -0.15) is 0 Å². The fourth-order valence-corrected chi connectivity index (χ4v) is 5.44. The molecule has 6 heteroatoms. The van der Waals surface area contributed by atoms with Crippen molar-refractivity contribution in [3.8, 4) is 0 Å². The molecular formula is C13H21NO3S2. The molecule has 2 atom stereocenters. The SMILES string of the molecule is Cc1cc(S(=O)(=O)N(C)CC2CCCC2O)c(C)s1. The van der Waals surface area contributed by atoms with Crippen molar-refractivity contribution in [3.05, 3.63) is 15.8 Å². The third-order valence-electron chi connectivity index (χ3n) is 3.79. The number of sulfonamides is 1. The summed E-state index contributed by atoms with van der Waals surface area (Å²) in [5.74, 6) is 0.0693. The van der Waals surface area contributed by atoms with E-state index in [1.54, 1.807) is 13.1 Å². The van der Waals surface area contributed by atoms with Crippen LogP contribution in [-0.4, -0.2) is 37.5 Å². The van der Waals surface area contributed by atoms with Crippen LogP contribution in [0, 0.1) is 19.8 Å². The standard InChI is InChI=1S/C13H21NO3S2/c1-9-7-13(10(2)18-9)19(16,17)14(3)8-11-5-4-6-12(11)15/h7,11-12,15H,4-6,8H2,1-3H3. The highest BCUT2D eigenvalue weighted by Gasteiger charge is 2.31. The summed E-state index contributed by atoms with van der Waals surface area (Å²) in [6.45, 7) is 4.15. The fraction of sp³-hybridized carbons (Fsp3) is 0.692. The van der Waals surface area contributed by atoms with Crippen LogP contribution in [0.3, 0.4) is 0 Å². The highest BCUT2D eigenvalue weighted by molar-refractivity contribution is 7.89. The van der Waals surface area contributed by atoms with E-state index < -0.39 is 10.0 Å². The van der Waals surface area contributed by atoms with Gasteiger partial charge in [-0.05, 0) is 38.7 Å². The number of hydrogen-bond donors (Lipinski definition) is 1. The summed E-state index contributed by atoms with van der Waals surface area (Å²) in [6, 6.07) is 1.73. The molecule has 4 nitrogen and oxygen atoms in total. The van der Waals surface area contributed by atoms with Gasteiger partial charge in [-0.1, -0.05) is 6.42 Å². The van der Waals surface area contributed by atoms with Crippen molar-refractivity contribution in [1.29, 1.82) is 0 Å². The zero-order valence-electron chi connectivity index (χ0n) is 11.6. The van der Waals surface area contributed by atoms with Crippen molar-refractivity contribution in [2.75, 3.05) is 13.6 Å². The summed E-state index contributed by atoms with van der Waals surface area (Å²) < 4.78 is 26.4. The first kappa shape index (κ1) is 15.0. The molecule has 1 aliphatic carbocycles. The maximum atomic E-state index is 12.5. The molecule has 0 amide bonds. The van der Waals surface area contributed by atoms with Crippen LogP contribution in [0.1, 0.15) is 29.0 Å². The van der Waals surface area contributed by atoms with Gasteiger partial charge >= 0.3 is 0 Å². The Hall–Kier alpha value is -0.430. The summed E-state index contributed by atoms with van der Waals surface area (Å²) in [5.41, 5.74) is 0. The molecule has 1 aromatic heterocycles. The minimum absolute atomic E-state index is 0.0693. The molecule has 1 saturated carbocycles. The van der Waals surface area contributed by atoms with E-state index in [9.17, 15) is 13.5 Å². The van der Waals surface area contributed by atoms with Crippen LogP contribution in [0.5, 0.6) is 0 Å². The molecule has 2 unspecified atom stereocenters. The average Bonchev–Trinajstić information content (AvgIpc) is 2.86. The average molecular weight is 303 g/mol. The quantitative estimate of drug-likeness (QED) is 0.927. The molecule has 1 N–H and O–H groups in total. The second-order valence-corrected chi connectivity index (χ2v) is 8.80. The molecule has 1 aromatic rings. The first-order valence-electron chi connectivity index (χ1n) is 6.54. The Morgan fingerprint density at radius 2 is 2.11 bits per heavy atom. The van der Waals surface area contributed by atoms with Crippen LogP contribution >= 0.6 is 11.3 Å². The maximum Gasteiger partial charge on any atom is 0.243 e. The van der Waals surface area contributed by atoms with E-state index in [1.807, 2.05) is 13.8 Å². The number of aryl methyl sites for hydroxylation is 2. The van der Waals surface area contributed by atoms with Crippen LogP contribution in [0.4, 0.5) is 0 Å². The van der Waals surface area contributed by atoms with Crippen molar-refractivity contribution < 1.29 is 13.5 Å². The van der Waals surface area contributed by atoms with Crippen LogP contribution in [0.2, 0.25) is 0 Å². The highest BCUT2D eigenvalue weighted by atomic mass is 32.2. The molecule has 19 heavy (non-hydrogen) atoms. The van der Waals surface area contributed by atoms with E-state index in [2.05, 4.69) is 0 Å². The van der Waals surface area contributed by atoms with Crippen molar-refractivity contribution in [1.82, 2.24) is 4.31 Å². The fourth-order valence-electron chi connectivity index (χ4n) is 2.69. The van der Waals surface area contributed by atoms with Gasteiger partial charge in [0.1, 0.15) is 0 Å². The summed E-state index contributed by atoms with van der Waals surface area (Å²) >= 11 is 1.50. The minimum Gasteiger partial charge on any atom is -0.393 e. The highest BCUT2D eigenvalue weighted by Crippen LogP contribution is 2.30. The van der Waals surface area contributed by atoms with E-state index in [-0.39, 0.29) is 12.0 Å². The summed E-state index contributed by atoms with van der Waals surface area (Å²) in [6.07, 6.45) is 2.32. The predicted molar refractivity (Wildman–Crippen MR) is 77.0 cm³/mol. The van der Waals surface area contributed by atoms with Crippen LogP contribution in [-0.2, 0) is 10.0 Å². The second-order valence-electron chi connectivity index (χ2n) is 5.32. The van der Waals surface area contributed by atoms with E-state index in [1.165, 1.54) is 15.6 Å². The van der Waals surface area contributed by atoms with E-state index in [0.717, 1.165) is 29.0 Å². The third kappa shape index (κ3) is 3.02. The lowest BCUT2D eigenvalue weighted by atomic mass is 10.1. The molecule has 1 fully saturated rings. The van der Waals surface area contributed by atoms with E-state index >= 15 is 0 Å². The number of hydrogen-bond acceptors (Lipinski definition) is 4. The number of rotatable bonds is 4. The number of nitrogens with zero attached hydrogens (tertiary/aromatic N) is 1. The van der Waals surface area contributed by atoms with Crippen molar-refractivity contribution >= 4 is 21.4 Å². The van der Waals surface area contributed by atoms with Gasteiger partial charge in [0.15, 0.2) is 0 Å². The number of aliphatic hydroxyl groups excluding tert-OH is 1. The van der Waals surface area contributed by atoms with Gasteiger partial charge < -0.3 is 5.11 Å². The van der Waals surface area contributed by atoms with Crippen LogP contribution in [0.25, 0.3) is 0 Å². The lowest BCUT2D eigenvalue weighted by Crippen LogP contribution is -2.34. The van der Waals surface area contributed by atoms with Gasteiger partial charge in [-0.25, -0.2) is 12.7 Å². The van der Waals surface area contributed by atoms with Crippen molar-refractivity contribution in [2.45, 2.75) is 44.1 Å². The van der Waals surface area contributed by atoms with E-state index in [0.29, 0.717) is 11.4 Å². The monoisotopic (exact) mass is 303 g/mol. The summed E-state index contributed by atoms with van der Waals surface area (Å²) in [4.78, 5) is 2.24. The lowest BCUT2D eigenvalue weighted by molar-refractivity contribution is 0.123. The molecule has 0 aromatic carbocycles. The molecule has 0 saturated heterocycles. The first-order chi connectivity index (χ1) is 8.82. The van der Waals surface area contributed by atoms with Crippen LogP contribution in [0.15, 0.2) is 11.0 Å². The van der Waals surface area contributed by atoms with Gasteiger partial charge in [0.25, 0.3) is 0 Å². The Morgan fingerprint density at radius 1 is 1.42 bits per heavy atom. The maximum absolute atomic E-state index is 12.5. The smallest absolute Gasteiger partial charge is 0.243 e. The zero-order valence-corrected chi connectivity index (χ0v) is 13.2. The van der Waals surface area contributed by atoms with Gasteiger partial charge in [-0.3, -0.25) is 0 Å². The molecule has 1 aliphatic rings. The third-order valence-corrected chi connectivity index (χ3v) is 6.84. The minimum atomic E-state index is -3.43. The summed E-state index contributed by atoms with van der Waals surface area (Å²) in [7, 11) is -1.82. The lowest BCUT2D eigenvalue weighted by Gasteiger charge is -2.22. The van der Waals surface area contributed by atoms with Gasteiger partial charge in [0, 0.05) is 23.3 Å². The molecule has 0 spiro atoms. The Labute approximate surface area is 119 Å². The normalized spacial score (nSPS) is 24.3. The largest absolute Gasteiger partial charge is 0.393 e. The van der Waals surface area contributed by atoms with E-state index in [4.69, 9.17) is 0 Å². The number of thiophene rings is 1. The molecule has 0 radical (unpaired) electrons. The molecular weight excluding hydrogens is 282 g/mol. The molecule has 108 valence electrons. The van der Waals surface area contributed by atoms with Gasteiger partial charge in [0.2, 0.25) is 10.0 Å². The second kappa shape index (κ2) is 5.52. The Morgan fingerprint density at radius 3 is 2.58 bits per heavy atom.